The molecule has 0 saturated heterocycles. The normalized spacial score (nSPS) is 9.90. The SMILES string of the molecule is CCCNc1nc(NCCOC(N)=O)nc(OCC)n1. The molecule has 4 N–H and O–H groups in total. The summed E-state index contributed by atoms with van der Waals surface area (Å²) in [4.78, 5) is 22.8. The van der Waals surface area contributed by atoms with E-state index in [-0.39, 0.29) is 12.6 Å². The molecule has 0 aromatic carbocycles. The van der Waals surface area contributed by atoms with Gasteiger partial charge in [-0.1, -0.05) is 6.92 Å². The number of rotatable bonds is 9. The average Bonchev–Trinajstić information content (AvgIpc) is 2.41. The summed E-state index contributed by atoms with van der Waals surface area (Å²) in [5.74, 6) is 0.777. The second-order valence-corrected chi connectivity index (χ2v) is 3.72. The lowest BCUT2D eigenvalue weighted by atomic mass is 10.5. The third-order valence-electron chi connectivity index (χ3n) is 2.05. The van der Waals surface area contributed by atoms with Gasteiger partial charge in [0.25, 0.3) is 0 Å². The van der Waals surface area contributed by atoms with Crippen LogP contribution >= 0.6 is 0 Å². The van der Waals surface area contributed by atoms with Gasteiger partial charge in [-0.3, -0.25) is 0 Å². The van der Waals surface area contributed by atoms with Crippen LogP contribution in [0, 0.1) is 0 Å². The maximum atomic E-state index is 10.4. The summed E-state index contributed by atoms with van der Waals surface area (Å²) >= 11 is 0. The molecule has 0 bridgehead atoms. The number of nitrogens with one attached hydrogen (secondary N) is 2. The zero-order chi connectivity index (χ0) is 14.8. The molecule has 0 unspecified atom stereocenters. The van der Waals surface area contributed by atoms with Crippen molar-refractivity contribution in [3.63, 3.8) is 0 Å². The van der Waals surface area contributed by atoms with E-state index in [1.54, 1.807) is 0 Å². The fraction of sp³-hybridized carbons (Fsp3) is 0.636. The molecule has 20 heavy (non-hydrogen) atoms. The highest BCUT2D eigenvalue weighted by molar-refractivity contribution is 5.64. The summed E-state index contributed by atoms with van der Waals surface area (Å²) in [6, 6.07) is 0.236. The molecule has 9 nitrogen and oxygen atoms in total. The number of carbonyl (C=O) groups excluding carboxylic acids is 1. The van der Waals surface area contributed by atoms with E-state index in [2.05, 4.69) is 30.3 Å². The predicted molar refractivity (Wildman–Crippen MR) is 73.8 cm³/mol. The first-order chi connectivity index (χ1) is 9.65. The van der Waals surface area contributed by atoms with Crippen LogP contribution in [0.3, 0.4) is 0 Å². The van der Waals surface area contributed by atoms with Crippen LogP contribution < -0.4 is 21.1 Å². The molecule has 0 aliphatic rings. The lowest BCUT2D eigenvalue weighted by molar-refractivity contribution is 0.161. The van der Waals surface area contributed by atoms with Gasteiger partial charge in [-0.2, -0.15) is 15.0 Å². The van der Waals surface area contributed by atoms with Crippen molar-refractivity contribution in [2.24, 2.45) is 5.73 Å². The summed E-state index contributed by atoms with van der Waals surface area (Å²) in [6.45, 7) is 5.56. The van der Waals surface area contributed by atoms with Crippen molar-refractivity contribution >= 4 is 18.0 Å². The van der Waals surface area contributed by atoms with Crippen molar-refractivity contribution in [3.05, 3.63) is 0 Å². The Bertz CT molecular complexity index is 429. The van der Waals surface area contributed by atoms with Gasteiger partial charge in [-0.05, 0) is 13.3 Å². The maximum absolute atomic E-state index is 10.4. The first-order valence-electron chi connectivity index (χ1n) is 6.44. The molecule has 0 aliphatic heterocycles. The average molecular weight is 284 g/mol. The van der Waals surface area contributed by atoms with E-state index < -0.39 is 6.09 Å². The Hall–Kier alpha value is -2.32. The molecule has 1 heterocycles. The van der Waals surface area contributed by atoms with Gasteiger partial charge in [0.05, 0.1) is 13.2 Å². The summed E-state index contributed by atoms with van der Waals surface area (Å²) < 4.78 is 9.86. The number of carbonyl (C=O) groups is 1. The van der Waals surface area contributed by atoms with Gasteiger partial charge < -0.3 is 25.8 Å². The summed E-state index contributed by atoms with van der Waals surface area (Å²) in [5, 5.41) is 5.96. The molecular weight excluding hydrogens is 264 g/mol. The Morgan fingerprint density at radius 1 is 1.15 bits per heavy atom. The number of nitrogens with two attached hydrogens (primary N) is 1. The molecule has 1 amide bonds. The van der Waals surface area contributed by atoms with Crippen molar-refractivity contribution in [2.75, 3.05) is 36.9 Å². The Morgan fingerprint density at radius 3 is 2.35 bits per heavy atom. The molecule has 0 atom stereocenters. The maximum Gasteiger partial charge on any atom is 0.404 e. The van der Waals surface area contributed by atoms with Crippen LogP contribution in [0.4, 0.5) is 16.7 Å². The molecule has 112 valence electrons. The molecule has 0 spiro atoms. The standard InChI is InChI=1S/C11H20N6O3/c1-3-5-13-9-15-10(14-6-7-20-8(12)18)17-11(16-9)19-4-2/h3-7H2,1-2H3,(H2,12,18)(H2,13,14,15,16,17). The number of amides is 1. The van der Waals surface area contributed by atoms with Crippen LogP contribution in [-0.4, -0.2) is 47.3 Å². The fourth-order valence-electron chi connectivity index (χ4n) is 1.26. The number of anilines is 2. The topological polar surface area (TPSA) is 124 Å². The second-order valence-electron chi connectivity index (χ2n) is 3.72. The third kappa shape index (κ3) is 6.03. The van der Waals surface area contributed by atoms with E-state index in [1.807, 2.05) is 13.8 Å². The van der Waals surface area contributed by atoms with E-state index >= 15 is 0 Å². The zero-order valence-electron chi connectivity index (χ0n) is 11.7. The van der Waals surface area contributed by atoms with Gasteiger partial charge in [-0.15, -0.1) is 0 Å². The van der Waals surface area contributed by atoms with E-state index in [1.165, 1.54) is 0 Å². The van der Waals surface area contributed by atoms with Crippen molar-refractivity contribution in [1.82, 2.24) is 15.0 Å². The van der Waals surface area contributed by atoms with Gasteiger partial charge >= 0.3 is 12.1 Å². The van der Waals surface area contributed by atoms with E-state index in [9.17, 15) is 4.79 Å². The van der Waals surface area contributed by atoms with Crippen LogP contribution in [0.5, 0.6) is 6.01 Å². The Morgan fingerprint density at radius 2 is 1.80 bits per heavy atom. The zero-order valence-corrected chi connectivity index (χ0v) is 11.7. The number of ether oxygens (including phenoxy) is 2. The van der Waals surface area contributed by atoms with Gasteiger partial charge in [0.15, 0.2) is 0 Å². The molecule has 9 heteroatoms. The van der Waals surface area contributed by atoms with E-state index in [0.29, 0.717) is 25.0 Å². The monoisotopic (exact) mass is 284 g/mol. The molecular formula is C11H20N6O3. The minimum atomic E-state index is -0.817. The lowest BCUT2D eigenvalue weighted by Gasteiger charge is -2.09. The molecule has 1 aromatic rings. The number of hydrogen-bond acceptors (Lipinski definition) is 8. The summed E-state index contributed by atoms with van der Waals surface area (Å²) in [5.41, 5.74) is 4.85. The Balaban J connectivity index is 2.62. The van der Waals surface area contributed by atoms with E-state index in [0.717, 1.165) is 13.0 Å². The number of primary amides is 1. The highest BCUT2D eigenvalue weighted by atomic mass is 16.5. The molecule has 0 saturated carbocycles. The molecule has 0 aliphatic carbocycles. The van der Waals surface area contributed by atoms with Gasteiger partial charge in [0.2, 0.25) is 11.9 Å². The Labute approximate surface area is 117 Å². The van der Waals surface area contributed by atoms with Crippen LogP contribution in [0.1, 0.15) is 20.3 Å². The van der Waals surface area contributed by atoms with Crippen LogP contribution in [0.15, 0.2) is 0 Å². The molecule has 0 fully saturated rings. The van der Waals surface area contributed by atoms with Crippen molar-refractivity contribution < 1.29 is 14.3 Å². The van der Waals surface area contributed by atoms with Crippen molar-refractivity contribution in [1.29, 1.82) is 0 Å². The summed E-state index contributed by atoms with van der Waals surface area (Å²) in [7, 11) is 0. The summed E-state index contributed by atoms with van der Waals surface area (Å²) in [6.07, 6.45) is 0.132. The highest BCUT2D eigenvalue weighted by Crippen LogP contribution is 2.11. The second kappa shape index (κ2) is 8.73. The van der Waals surface area contributed by atoms with Gasteiger partial charge in [0, 0.05) is 6.54 Å². The van der Waals surface area contributed by atoms with Gasteiger partial charge in [0.1, 0.15) is 6.61 Å². The van der Waals surface area contributed by atoms with Gasteiger partial charge in [-0.25, -0.2) is 4.79 Å². The number of aromatic nitrogens is 3. The largest absolute Gasteiger partial charge is 0.464 e. The first-order valence-corrected chi connectivity index (χ1v) is 6.44. The van der Waals surface area contributed by atoms with Crippen LogP contribution in [0.2, 0.25) is 0 Å². The van der Waals surface area contributed by atoms with Crippen LogP contribution in [0.25, 0.3) is 0 Å². The number of hydrogen-bond donors (Lipinski definition) is 3. The van der Waals surface area contributed by atoms with Crippen molar-refractivity contribution in [3.8, 4) is 6.01 Å². The van der Waals surface area contributed by atoms with Crippen LogP contribution in [-0.2, 0) is 4.74 Å². The minimum absolute atomic E-state index is 0.128. The Kier molecular flexibility index (Phi) is 6.87. The smallest absolute Gasteiger partial charge is 0.404 e. The predicted octanol–water partition coefficient (Wildman–Crippen LogP) is 0.599. The first kappa shape index (κ1) is 15.7. The molecule has 1 rings (SSSR count). The lowest BCUT2D eigenvalue weighted by Crippen LogP contribution is -2.19. The quantitative estimate of drug-likeness (QED) is 0.563. The third-order valence-corrected chi connectivity index (χ3v) is 2.05. The molecule has 1 aromatic heterocycles. The fourth-order valence-corrected chi connectivity index (χ4v) is 1.26. The van der Waals surface area contributed by atoms with E-state index in [4.69, 9.17) is 10.5 Å². The number of nitrogens with zero attached hydrogens (tertiary/aromatic N) is 3. The van der Waals surface area contributed by atoms with Crippen molar-refractivity contribution in [2.45, 2.75) is 20.3 Å². The minimum Gasteiger partial charge on any atom is -0.464 e. The highest BCUT2D eigenvalue weighted by Gasteiger charge is 2.06. The molecule has 0 radical (unpaired) electrons.